The lowest BCUT2D eigenvalue weighted by Crippen LogP contribution is -2.51. The summed E-state index contributed by atoms with van der Waals surface area (Å²) in [5.41, 5.74) is 1.80. The predicted octanol–water partition coefficient (Wildman–Crippen LogP) is 5.09. The molecule has 4 rings (SSSR count). The van der Waals surface area contributed by atoms with Gasteiger partial charge in [-0.2, -0.15) is 0 Å². The Bertz CT molecular complexity index is 648. The Labute approximate surface area is 157 Å². The van der Waals surface area contributed by atoms with Crippen molar-refractivity contribution in [1.29, 1.82) is 0 Å². The van der Waals surface area contributed by atoms with Crippen molar-refractivity contribution in [2.24, 2.45) is 34.5 Å². The van der Waals surface area contributed by atoms with Gasteiger partial charge in [0.25, 0.3) is 0 Å². The molecule has 0 unspecified atom stereocenters. The molecular formula is C23H34O3. The molecule has 0 radical (unpaired) electrons. The molecular weight excluding hydrogens is 324 g/mol. The first-order valence-corrected chi connectivity index (χ1v) is 10.7. The van der Waals surface area contributed by atoms with E-state index in [4.69, 9.17) is 4.74 Å². The van der Waals surface area contributed by atoms with Gasteiger partial charge >= 0.3 is 5.97 Å². The van der Waals surface area contributed by atoms with Crippen molar-refractivity contribution in [3.05, 3.63) is 11.6 Å². The average Bonchev–Trinajstić information content (AvgIpc) is 2.92. The molecule has 0 aromatic heterocycles. The van der Waals surface area contributed by atoms with Crippen LogP contribution >= 0.6 is 0 Å². The number of rotatable bonds is 2. The number of ketones is 1. The van der Waals surface area contributed by atoms with Crippen molar-refractivity contribution < 1.29 is 14.3 Å². The molecule has 26 heavy (non-hydrogen) atoms. The highest BCUT2D eigenvalue weighted by Gasteiger charge is 2.59. The lowest BCUT2D eigenvalue weighted by Gasteiger charge is -2.57. The first kappa shape index (κ1) is 18.3. The molecule has 0 heterocycles. The summed E-state index contributed by atoms with van der Waals surface area (Å²) in [7, 11) is 0. The second-order valence-electron chi connectivity index (χ2n) is 10.2. The van der Waals surface area contributed by atoms with Gasteiger partial charge in [0.1, 0.15) is 6.10 Å². The zero-order valence-electron chi connectivity index (χ0n) is 16.8. The molecule has 144 valence electrons. The van der Waals surface area contributed by atoms with Gasteiger partial charge in [0.2, 0.25) is 0 Å². The molecule has 6 atom stereocenters. The number of hydrogen-bond donors (Lipinski definition) is 0. The van der Waals surface area contributed by atoms with Gasteiger partial charge in [-0.3, -0.25) is 9.59 Å². The van der Waals surface area contributed by atoms with Gasteiger partial charge in [0.15, 0.2) is 5.78 Å². The third-order valence-electron chi connectivity index (χ3n) is 8.60. The lowest BCUT2D eigenvalue weighted by molar-refractivity contribution is -0.163. The van der Waals surface area contributed by atoms with Gasteiger partial charge in [-0.05, 0) is 74.2 Å². The van der Waals surface area contributed by atoms with Gasteiger partial charge in [0.05, 0.1) is 5.92 Å². The molecule has 0 aliphatic heterocycles. The van der Waals surface area contributed by atoms with Gasteiger partial charge in [-0.15, -0.1) is 0 Å². The van der Waals surface area contributed by atoms with Crippen molar-refractivity contribution >= 4 is 11.8 Å². The summed E-state index contributed by atoms with van der Waals surface area (Å²) in [6.07, 6.45) is 10.7. The van der Waals surface area contributed by atoms with Gasteiger partial charge in [-0.25, -0.2) is 0 Å². The first-order chi connectivity index (χ1) is 12.3. The Hall–Kier alpha value is -1.12. The van der Waals surface area contributed by atoms with E-state index in [1.807, 2.05) is 19.9 Å². The number of fused-ring (bicyclic) bond motifs is 5. The Morgan fingerprint density at radius 3 is 2.58 bits per heavy atom. The Kier molecular flexibility index (Phi) is 4.36. The monoisotopic (exact) mass is 358 g/mol. The van der Waals surface area contributed by atoms with E-state index in [-0.39, 0.29) is 28.8 Å². The van der Waals surface area contributed by atoms with Gasteiger partial charge in [0, 0.05) is 11.8 Å². The summed E-state index contributed by atoms with van der Waals surface area (Å²) in [6.45, 7) is 8.66. The van der Waals surface area contributed by atoms with Crippen LogP contribution in [0.2, 0.25) is 0 Å². The van der Waals surface area contributed by atoms with Crippen LogP contribution < -0.4 is 0 Å². The minimum atomic E-state index is -0.0462. The highest BCUT2D eigenvalue weighted by molar-refractivity contribution is 5.91. The van der Waals surface area contributed by atoms with Crippen LogP contribution in [0.15, 0.2) is 11.6 Å². The maximum Gasteiger partial charge on any atom is 0.308 e. The number of carbonyl (C=O) groups is 2. The molecule has 3 heteroatoms. The topological polar surface area (TPSA) is 43.4 Å². The van der Waals surface area contributed by atoms with E-state index in [0.29, 0.717) is 17.6 Å². The number of carbonyl (C=O) groups excluding carboxylic acids is 2. The molecule has 0 amide bonds. The zero-order chi connectivity index (χ0) is 18.7. The van der Waals surface area contributed by atoms with Crippen LogP contribution in [-0.4, -0.2) is 17.9 Å². The Morgan fingerprint density at radius 1 is 1.08 bits per heavy atom. The highest BCUT2D eigenvalue weighted by atomic mass is 16.5. The molecule has 4 aliphatic carbocycles. The second-order valence-corrected chi connectivity index (χ2v) is 10.2. The first-order valence-electron chi connectivity index (χ1n) is 10.7. The number of esters is 1. The fraction of sp³-hybridized carbons (Fsp3) is 0.826. The van der Waals surface area contributed by atoms with Crippen LogP contribution in [0.25, 0.3) is 0 Å². The van der Waals surface area contributed by atoms with E-state index in [1.54, 1.807) is 0 Å². The van der Waals surface area contributed by atoms with Crippen molar-refractivity contribution in [2.75, 3.05) is 0 Å². The number of ether oxygens (including phenoxy) is 1. The van der Waals surface area contributed by atoms with E-state index >= 15 is 0 Å². The number of allylic oxidation sites excluding steroid dienone is 1. The highest BCUT2D eigenvalue weighted by Crippen LogP contribution is 2.65. The van der Waals surface area contributed by atoms with Crippen molar-refractivity contribution in [2.45, 2.75) is 85.2 Å². The quantitative estimate of drug-likeness (QED) is 0.646. The summed E-state index contributed by atoms with van der Waals surface area (Å²) >= 11 is 0. The minimum Gasteiger partial charge on any atom is -0.462 e. The summed E-state index contributed by atoms with van der Waals surface area (Å²) in [5.74, 6) is 2.35. The summed E-state index contributed by atoms with van der Waals surface area (Å²) in [6, 6.07) is 0. The third-order valence-corrected chi connectivity index (χ3v) is 8.60. The molecule has 0 aromatic carbocycles. The minimum absolute atomic E-state index is 0.0365. The van der Waals surface area contributed by atoms with Crippen LogP contribution in [0.1, 0.15) is 79.1 Å². The Morgan fingerprint density at radius 2 is 1.85 bits per heavy atom. The van der Waals surface area contributed by atoms with E-state index < -0.39 is 0 Å². The maximum atomic E-state index is 12.2. The maximum absolute atomic E-state index is 12.2. The summed E-state index contributed by atoms with van der Waals surface area (Å²) < 4.78 is 5.98. The van der Waals surface area contributed by atoms with Crippen LogP contribution in [-0.2, 0) is 14.3 Å². The standard InChI is InChI=1S/C23H34O3/c1-14(2)21(25)26-20-8-7-18-17-6-5-15-13-16(24)9-11-22(15,3)19(17)10-12-23(18,20)4/h13-14,17-20H,5-12H2,1-4H3/t17-,18-,19-,20-,22-,23-/m1/s1. The van der Waals surface area contributed by atoms with Crippen LogP contribution in [0.5, 0.6) is 0 Å². The van der Waals surface area contributed by atoms with Gasteiger partial charge in [-0.1, -0.05) is 33.3 Å². The van der Waals surface area contributed by atoms with Crippen LogP contribution in [0.4, 0.5) is 0 Å². The largest absolute Gasteiger partial charge is 0.462 e. The molecule has 0 bridgehead atoms. The van der Waals surface area contributed by atoms with Crippen LogP contribution in [0, 0.1) is 34.5 Å². The molecule has 3 fully saturated rings. The molecule has 3 saturated carbocycles. The second kappa shape index (κ2) is 6.21. The molecule has 0 spiro atoms. The molecule has 3 nitrogen and oxygen atoms in total. The fourth-order valence-corrected chi connectivity index (χ4v) is 6.98. The molecule has 4 aliphatic rings. The summed E-state index contributed by atoms with van der Waals surface area (Å²) in [5, 5.41) is 0. The molecule has 0 saturated heterocycles. The lowest BCUT2D eigenvalue weighted by atomic mass is 9.47. The predicted molar refractivity (Wildman–Crippen MR) is 101 cm³/mol. The van der Waals surface area contributed by atoms with E-state index in [9.17, 15) is 9.59 Å². The smallest absolute Gasteiger partial charge is 0.308 e. The Balaban J connectivity index is 1.57. The normalized spacial score (nSPS) is 44.8. The van der Waals surface area contributed by atoms with Crippen LogP contribution in [0.3, 0.4) is 0 Å². The third kappa shape index (κ3) is 2.60. The van der Waals surface area contributed by atoms with Gasteiger partial charge < -0.3 is 4.74 Å². The fourth-order valence-electron chi connectivity index (χ4n) is 6.98. The SMILES string of the molecule is CC(C)C(=O)O[C@@H]1CC[C@@H]2[C@H]3CCC4=CC(=O)CC[C@@]4(C)[C@@H]3CC[C@]21C. The van der Waals surface area contributed by atoms with E-state index in [0.717, 1.165) is 38.0 Å². The summed E-state index contributed by atoms with van der Waals surface area (Å²) in [4.78, 5) is 24.1. The van der Waals surface area contributed by atoms with Crippen molar-refractivity contribution in [3.8, 4) is 0 Å². The van der Waals surface area contributed by atoms with Crippen molar-refractivity contribution in [3.63, 3.8) is 0 Å². The average molecular weight is 359 g/mol. The molecule has 0 N–H and O–H groups in total. The zero-order valence-corrected chi connectivity index (χ0v) is 16.8. The number of hydrogen-bond acceptors (Lipinski definition) is 3. The van der Waals surface area contributed by atoms with Crippen molar-refractivity contribution in [1.82, 2.24) is 0 Å². The molecule has 0 aromatic rings. The van der Waals surface area contributed by atoms with E-state index in [1.165, 1.54) is 24.8 Å². The van der Waals surface area contributed by atoms with E-state index in [2.05, 4.69) is 13.8 Å².